The van der Waals surface area contributed by atoms with Gasteiger partial charge in [0.1, 0.15) is 30.0 Å². The maximum atomic E-state index is 10.5. The molecule has 1 aromatic carbocycles. The molecule has 3 rings (SSSR count). The van der Waals surface area contributed by atoms with Crippen molar-refractivity contribution in [3.63, 3.8) is 0 Å². The molecule has 1 aliphatic heterocycles. The van der Waals surface area contributed by atoms with Crippen molar-refractivity contribution < 1.29 is 19.0 Å². The predicted octanol–water partition coefficient (Wildman–Crippen LogP) is 3.32. The first-order valence-corrected chi connectivity index (χ1v) is 9.36. The maximum Gasteiger partial charge on any atom is 0.122 e. The summed E-state index contributed by atoms with van der Waals surface area (Å²) in [5.41, 5.74) is 1.07. The smallest absolute Gasteiger partial charge is 0.122 e. The summed E-state index contributed by atoms with van der Waals surface area (Å²) in [7, 11) is 0. The topological polar surface area (TPSA) is 55.1 Å². The zero-order valence-electron chi connectivity index (χ0n) is 15.7. The van der Waals surface area contributed by atoms with Gasteiger partial charge >= 0.3 is 0 Å². The first-order valence-electron chi connectivity index (χ1n) is 9.36. The van der Waals surface area contributed by atoms with Crippen LogP contribution in [0.1, 0.15) is 29.9 Å². The Balaban J connectivity index is 1.55. The zero-order valence-corrected chi connectivity index (χ0v) is 15.7. The van der Waals surface area contributed by atoms with Gasteiger partial charge < -0.3 is 19.0 Å². The van der Waals surface area contributed by atoms with E-state index < -0.39 is 6.10 Å². The SMILES string of the molecule is Cc1ccc(CN(C[C@@H](O)COc2ccccc2C)C[C@@H]2CCCO2)o1. The Hall–Kier alpha value is -1.82. The molecule has 2 atom stereocenters. The summed E-state index contributed by atoms with van der Waals surface area (Å²) in [6.45, 7) is 7.02. The summed E-state index contributed by atoms with van der Waals surface area (Å²) in [6.07, 6.45) is 1.84. The summed E-state index contributed by atoms with van der Waals surface area (Å²) < 4.78 is 17.3. The minimum atomic E-state index is -0.577. The Morgan fingerprint density at radius 3 is 2.77 bits per heavy atom. The van der Waals surface area contributed by atoms with Crippen LogP contribution in [-0.2, 0) is 11.3 Å². The lowest BCUT2D eigenvalue weighted by atomic mass is 10.2. The molecule has 26 heavy (non-hydrogen) atoms. The average molecular weight is 359 g/mol. The number of para-hydroxylation sites is 1. The van der Waals surface area contributed by atoms with E-state index in [0.717, 1.165) is 48.8 Å². The standard InChI is InChI=1S/C21H29NO4/c1-16-6-3-4-8-21(16)25-15-18(23)12-22(13-19-7-5-11-24-19)14-20-10-9-17(2)26-20/h3-4,6,8-10,18-19,23H,5,7,11-15H2,1-2H3/t18-,19+/m1/s1. The summed E-state index contributed by atoms with van der Waals surface area (Å²) in [5, 5.41) is 10.5. The van der Waals surface area contributed by atoms with Gasteiger partial charge in [0.25, 0.3) is 0 Å². The Morgan fingerprint density at radius 2 is 2.08 bits per heavy atom. The molecular weight excluding hydrogens is 330 g/mol. The van der Waals surface area contributed by atoms with E-state index in [1.165, 1.54) is 0 Å². The number of benzene rings is 1. The molecule has 0 spiro atoms. The van der Waals surface area contributed by atoms with Crippen molar-refractivity contribution in [2.24, 2.45) is 0 Å². The van der Waals surface area contributed by atoms with Crippen molar-refractivity contribution in [1.82, 2.24) is 4.90 Å². The fourth-order valence-corrected chi connectivity index (χ4v) is 3.33. The van der Waals surface area contributed by atoms with Crippen molar-refractivity contribution in [2.45, 2.75) is 45.4 Å². The molecule has 0 saturated carbocycles. The van der Waals surface area contributed by atoms with E-state index in [1.807, 2.05) is 50.2 Å². The van der Waals surface area contributed by atoms with Crippen LogP contribution in [-0.4, -0.2) is 48.5 Å². The molecule has 0 amide bonds. The minimum Gasteiger partial charge on any atom is -0.491 e. The third kappa shape index (κ3) is 5.59. The molecular formula is C21H29NO4. The molecule has 1 aromatic heterocycles. The van der Waals surface area contributed by atoms with E-state index in [-0.39, 0.29) is 12.7 Å². The Labute approximate surface area is 155 Å². The second kappa shape index (κ2) is 9.21. The Morgan fingerprint density at radius 1 is 1.23 bits per heavy atom. The maximum absolute atomic E-state index is 10.5. The zero-order chi connectivity index (χ0) is 18.4. The van der Waals surface area contributed by atoms with Gasteiger partial charge in [-0.1, -0.05) is 18.2 Å². The van der Waals surface area contributed by atoms with E-state index in [1.54, 1.807) is 0 Å². The number of nitrogens with zero attached hydrogens (tertiary/aromatic N) is 1. The molecule has 0 bridgehead atoms. The van der Waals surface area contributed by atoms with Gasteiger partial charge in [-0.05, 0) is 50.5 Å². The van der Waals surface area contributed by atoms with Crippen molar-refractivity contribution in [1.29, 1.82) is 0 Å². The second-order valence-electron chi connectivity index (χ2n) is 7.07. The van der Waals surface area contributed by atoms with Gasteiger partial charge in [0.15, 0.2) is 0 Å². The lowest BCUT2D eigenvalue weighted by molar-refractivity contribution is 0.0289. The Kier molecular flexibility index (Phi) is 6.72. The third-order valence-electron chi connectivity index (χ3n) is 4.66. The monoisotopic (exact) mass is 359 g/mol. The number of furan rings is 1. The molecule has 5 heteroatoms. The molecule has 2 heterocycles. The molecule has 142 valence electrons. The van der Waals surface area contributed by atoms with Crippen LogP contribution in [0.3, 0.4) is 0 Å². The third-order valence-corrected chi connectivity index (χ3v) is 4.66. The van der Waals surface area contributed by atoms with Gasteiger partial charge in [0, 0.05) is 19.7 Å². The lowest BCUT2D eigenvalue weighted by Gasteiger charge is -2.26. The molecule has 1 saturated heterocycles. The van der Waals surface area contributed by atoms with E-state index in [2.05, 4.69) is 4.90 Å². The minimum absolute atomic E-state index is 0.232. The highest BCUT2D eigenvalue weighted by Gasteiger charge is 2.22. The van der Waals surface area contributed by atoms with Gasteiger partial charge in [-0.2, -0.15) is 0 Å². The van der Waals surface area contributed by atoms with Gasteiger partial charge in [0.05, 0.1) is 12.6 Å². The summed E-state index contributed by atoms with van der Waals surface area (Å²) >= 11 is 0. The fraction of sp³-hybridized carbons (Fsp3) is 0.524. The highest BCUT2D eigenvalue weighted by atomic mass is 16.5. The molecule has 1 N–H and O–H groups in total. The number of rotatable bonds is 9. The highest BCUT2D eigenvalue weighted by Crippen LogP contribution is 2.18. The predicted molar refractivity (Wildman–Crippen MR) is 100 cm³/mol. The van der Waals surface area contributed by atoms with Crippen LogP contribution >= 0.6 is 0 Å². The van der Waals surface area contributed by atoms with E-state index in [0.29, 0.717) is 13.1 Å². The summed E-state index contributed by atoms with van der Waals surface area (Å²) in [4.78, 5) is 2.19. The van der Waals surface area contributed by atoms with Crippen LogP contribution < -0.4 is 4.74 Å². The average Bonchev–Trinajstić information content (AvgIpc) is 3.26. The molecule has 0 aliphatic carbocycles. The largest absolute Gasteiger partial charge is 0.491 e. The van der Waals surface area contributed by atoms with Crippen LogP contribution in [0, 0.1) is 13.8 Å². The quantitative estimate of drug-likeness (QED) is 0.744. The van der Waals surface area contributed by atoms with Crippen molar-refractivity contribution >= 4 is 0 Å². The van der Waals surface area contributed by atoms with E-state index >= 15 is 0 Å². The summed E-state index contributed by atoms with van der Waals surface area (Å²) in [5.74, 6) is 2.63. The first-order chi connectivity index (χ1) is 12.6. The number of hydrogen-bond donors (Lipinski definition) is 1. The molecule has 1 aliphatic rings. The molecule has 5 nitrogen and oxygen atoms in total. The summed E-state index contributed by atoms with van der Waals surface area (Å²) in [6, 6.07) is 11.8. The van der Waals surface area contributed by atoms with Crippen LogP contribution in [0.5, 0.6) is 5.75 Å². The lowest BCUT2D eigenvalue weighted by Crippen LogP contribution is -2.39. The van der Waals surface area contributed by atoms with Crippen molar-refractivity contribution in [3.8, 4) is 5.75 Å². The Bertz CT molecular complexity index is 678. The molecule has 0 unspecified atom stereocenters. The van der Waals surface area contributed by atoms with Gasteiger partial charge in [-0.15, -0.1) is 0 Å². The van der Waals surface area contributed by atoms with E-state index in [4.69, 9.17) is 13.9 Å². The number of aryl methyl sites for hydroxylation is 2. The van der Waals surface area contributed by atoms with Crippen molar-refractivity contribution in [3.05, 3.63) is 53.5 Å². The van der Waals surface area contributed by atoms with Gasteiger partial charge in [-0.25, -0.2) is 0 Å². The number of hydrogen-bond acceptors (Lipinski definition) is 5. The van der Waals surface area contributed by atoms with Crippen LogP contribution in [0.2, 0.25) is 0 Å². The first kappa shape index (κ1) is 19.0. The van der Waals surface area contributed by atoms with Gasteiger partial charge in [-0.3, -0.25) is 4.90 Å². The highest BCUT2D eigenvalue weighted by molar-refractivity contribution is 5.31. The van der Waals surface area contributed by atoms with Crippen LogP contribution in [0.25, 0.3) is 0 Å². The fourth-order valence-electron chi connectivity index (χ4n) is 3.33. The molecule has 2 aromatic rings. The van der Waals surface area contributed by atoms with Gasteiger partial charge in [0.2, 0.25) is 0 Å². The number of aliphatic hydroxyl groups excluding tert-OH is 1. The van der Waals surface area contributed by atoms with E-state index in [9.17, 15) is 5.11 Å². The van der Waals surface area contributed by atoms with Crippen LogP contribution in [0.15, 0.2) is 40.8 Å². The molecule has 1 fully saturated rings. The number of ether oxygens (including phenoxy) is 2. The van der Waals surface area contributed by atoms with Crippen molar-refractivity contribution in [2.75, 3.05) is 26.3 Å². The van der Waals surface area contributed by atoms with Crippen LogP contribution in [0.4, 0.5) is 0 Å². The number of aliphatic hydroxyl groups is 1. The molecule has 0 radical (unpaired) electrons. The normalized spacial score (nSPS) is 18.4. The second-order valence-corrected chi connectivity index (χ2v) is 7.07.